The van der Waals surface area contributed by atoms with Crippen LogP contribution < -0.4 is 10.2 Å². The lowest BCUT2D eigenvalue weighted by Gasteiger charge is -2.26. The van der Waals surface area contributed by atoms with E-state index in [-0.39, 0.29) is 36.2 Å². The molecule has 3 rings (SSSR count). The van der Waals surface area contributed by atoms with Crippen LogP contribution in [-0.4, -0.2) is 30.6 Å². The van der Waals surface area contributed by atoms with Crippen molar-refractivity contribution < 1.29 is 28.8 Å². The van der Waals surface area contributed by atoms with Gasteiger partial charge in [-0.1, -0.05) is 56.2 Å². The van der Waals surface area contributed by atoms with Crippen molar-refractivity contribution in [1.29, 1.82) is 0 Å². The van der Waals surface area contributed by atoms with Crippen LogP contribution >= 0.6 is 0 Å². The number of nitrogens with one attached hydrogen (secondary N) is 1. The Bertz CT molecular complexity index is 1130. The molecule has 0 saturated carbocycles. The number of carbonyl (C=O) groups is 4. The van der Waals surface area contributed by atoms with Gasteiger partial charge in [-0.05, 0) is 37.5 Å². The summed E-state index contributed by atoms with van der Waals surface area (Å²) in [5.74, 6) is -0.614. The number of hydrogen-bond donors (Lipinski definition) is 1. The van der Waals surface area contributed by atoms with Crippen LogP contribution in [0, 0.1) is 0 Å². The highest BCUT2D eigenvalue weighted by Gasteiger charge is 2.34. The van der Waals surface area contributed by atoms with E-state index in [1.165, 1.54) is 0 Å². The van der Waals surface area contributed by atoms with Crippen molar-refractivity contribution in [2.24, 2.45) is 0 Å². The van der Waals surface area contributed by atoms with Crippen LogP contribution in [0.5, 0.6) is 5.75 Å². The highest BCUT2D eigenvalue weighted by atomic mass is 16.7. The van der Waals surface area contributed by atoms with Crippen molar-refractivity contribution in [2.75, 3.05) is 7.11 Å². The summed E-state index contributed by atoms with van der Waals surface area (Å²) in [5, 5.41) is 0. The van der Waals surface area contributed by atoms with Gasteiger partial charge < -0.3 is 9.57 Å². The van der Waals surface area contributed by atoms with Crippen LogP contribution in [-0.2, 0) is 14.4 Å². The molecule has 2 aromatic carbocycles. The highest BCUT2D eigenvalue weighted by molar-refractivity contribution is 6.27. The molecule has 1 unspecified atom stereocenters. The third-order valence-corrected chi connectivity index (χ3v) is 6.24. The number of methoxy groups -OCH3 is 1. The Balaban J connectivity index is 1.74. The number of hydroxylamine groups is 1. The summed E-state index contributed by atoms with van der Waals surface area (Å²) in [6, 6.07) is 14.5. The van der Waals surface area contributed by atoms with Gasteiger partial charge in [-0.25, -0.2) is 4.79 Å². The summed E-state index contributed by atoms with van der Waals surface area (Å²) < 4.78 is 5.28. The zero-order valence-corrected chi connectivity index (χ0v) is 20.4. The third-order valence-electron chi connectivity index (χ3n) is 6.24. The van der Waals surface area contributed by atoms with Crippen LogP contribution in [0.25, 0.3) is 0 Å². The number of Topliss-reactive ketones (excluding diaryl/α,β-unsaturated/α-hetero) is 2. The number of hydrogen-bond acceptors (Lipinski definition) is 6. The second-order valence-electron chi connectivity index (χ2n) is 8.52. The third kappa shape index (κ3) is 6.23. The SMILES string of the molecule is CCC(=O)ONC(=O)CCCCCC(C1=C(C)C(=O)c2ccccc2C1=O)c1ccc(OC)cc1. The van der Waals surface area contributed by atoms with E-state index in [9.17, 15) is 19.2 Å². The molecule has 1 amide bonds. The van der Waals surface area contributed by atoms with Crippen molar-refractivity contribution in [1.82, 2.24) is 5.48 Å². The molecular weight excluding hydrogens is 446 g/mol. The fourth-order valence-electron chi connectivity index (χ4n) is 4.30. The molecule has 0 heterocycles. The number of unbranched alkanes of at least 4 members (excludes halogenated alkanes) is 2. The normalized spacial score (nSPS) is 13.8. The Morgan fingerprint density at radius 1 is 0.914 bits per heavy atom. The average Bonchev–Trinajstić information content (AvgIpc) is 2.89. The van der Waals surface area contributed by atoms with E-state index in [2.05, 4.69) is 10.3 Å². The van der Waals surface area contributed by atoms with E-state index < -0.39 is 5.97 Å². The smallest absolute Gasteiger partial charge is 0.331 e. The Hall–Kier alpha value is -3.74. The molecule has 0 fully saturated rings. The lowest BCUT2D eigenvalue weighted by Crippen LogP contribution is -2.26. The Morgan fingerprint density at radius 3 is 2.20 bits per heavy atom. The summed E-state index contributed by atoms with van der Waals surface area (Å²) in [7, 11) is 1.60. The van der Waals surface area contributed by atoms with Gasteiger partial charge in [-0.15, -0.1) is 0 Å². The van der Waals surface area contributed by atoms with Gasteiger partial charge in [0, 0.05) is 41.0 Å². The minimum absolute atomic E-state index is 0.115. The number of benzene rings is 2. The Labute approximate surface area is 205 Å². The average molecular weight is 478 g/mol. The van der Waals surface area contributed by atoms with Crippen molar-refractivity contribution in [3.8, 4) is 5.75 Å². The molecule has 0 spiro atoms. The van der Waals surface area contributed by atoms with Crippen molar-refractivity contribution >= 4 is 23.4 Å². The monoisotopic (exact) mass is 477 g/mol. The molecule has 0 aromatic heterocycles. The Kier molecular flexibility index (Phi) is 8.95. The highest BCUT2D eigenvalue weighted by Crippen LogP contribution is 2.38. The molecule has 7 nitrogen and oxygen atoms in total. The van der Waals surface area contributed by atoms with E-state index in [0.717, 1.165) is 18.4 Å². The maximum Gasteiger partial charge on any atom is 0.331 e. The van der Waals surface area contributed by atoms with Gasteiger partial charge in [-0.2, -0.15) is 5.48 Å². The molecule has 35 heavy (non-hydrogen) atoms. The van der Waals surface area contributed by atoms with E-state index in [4.69, 9.17) is 4.74 Å². The first-order valence-electron chi connectivity index (χ1n) is 11.9. The molecule has 1 atom stereocenters. The minimum atomic E-state index is -0.488. The van der Waals surface area contributed by atoms with E-state index in [0.29, 0.717) is 40.9 Å². The predicted octanol–water partition coefficient (Wildman–Crippen LogP) is 5.11. The first-order valence-corrected chi connectivity index (χ1v) is 11.9. The molecular formula is C28H31NO6. The van der Waals surface area contributed by atoms with E-state index >= 15 is 0 Å². The predicted molar refractivity (Wildman–Crippen MR) is 131 cm³/mol. The topological polar surface area (TPSA) is 98.8 Å². The lowest BCUT2D eigenvalue weighted by atomic mass is 9.75. The van der Waals surface area contributed by atoms with Gasteiger partial charge in [-0.3, -0.25) is 14.4 Å². The lowest BCUT2D eigenvalue weighted by molar-refractivity contribution is -0.158. The molecule has 0 aliphatic heterocycles. The fraction of sp³-hybridized carbons (Fsp3) is 0.357. The molecule has 0 saturated heterocycles. The second kappa shape index (κ2) is 12.1. The summed E-state index contributed by atoms with van der Waals surface area (Å²) in [4.78, 5) is 54.2. The van der Waals surface area contributed by atoms with Crippen LogP contribution in [0.3, 0.4) is 0 Å². The number of allylic oxidation sites excluding steroid dienone is 2. The number of ketones is 2. The Morgan fingerprint density at radius 2 is 1.57 bits per heavy atom. The molecule has 7 heteroatoms. The quantitative estimate of drug-likeness (QED) is 0.377. The van der Waals surface area contributed by atoms with Crippen LogP contribution in [0.1, 0.15) is 84.6 Å². The molecule has 1 aliphatic carbocycles. The van der Waals surface area contributed by atoms with Crippen LogP contribution in [0.4, 0.5) is 0 Å². The first-order chi connectivity index (χ1) is 16.9. The number of rotatable bonds is 10. The summed E-state index contributed by atoms with van der Waals surface area (Å²) >= 11 is 0. The number of carbonyl (C=O) groups excluding carboxylic acids is 4. The minimum Gasteiger partial charge on any atom is -0.497 e. The zero-order valence-electron chi connectivity index (χ0n) is 20.4. The first kappa shape index (κ1) is 25.9. The number of ether oxygens (including phenoxy) is 1. The summed E-state index contributed by atoms with van der Waals surface area (Å²) in [6.45, 7) is 3.37. The standard InChI is InChI=1S/C28H31NO6/c1-4-25(31)35-29-24(30)13-7-5-6-10-21(19-14-16-20(34-3)17-15-19)26-18(2)27(32)22-11-8-9-12-23(22)28(26)33/h8-9,11-12,14-17,21H,4-7,10,13H2,1-3H3,(H,29,30). The largest absolute Gasteiger partial charge is 0.497 e. The molecule has 1 N–H and O–H groups in total. The molecule has 2 aromatic rings. The van der Waals surface area contributed by atoms with Gasteiger partial charge in [0.15, 0.2) is 11.6 Å². The van der Waals surface area contributed by atoms with E-state index in [1.807, 2.05) is 24.3 Å². The van der Waals surface area contributed by atoms with Crippen LogP contribution in [0.15, 0.2) is 59.7 Å². The van der Waals surface area contributed by atoms with Gasteiger partial charge >= 0.3 is 5.97 Å². The van der Waals surface area contributed by atoms with Gasteiger partial charge in [0.2, 0.25) is 0 Å². The van der Waals surface area contributed by atoms with Crippen LogP contribution in [0.2, 0.25) is 0 Å². The summed E-state index contributed by atoms with van der Waals surface area (Å²) in [6.07, 6.45) is 3.17. The van der Waals surface area contributed by atoms with E-state index in [1.54, 1.807) is 45.2 Å². The van der Waals surface area contributed by atoms with Crippen molar-refractivity contribution in [3.63, 3.8) is 0 Å². The summed E-state index contributed by atoms with van der Waals surface area (Å²) in [5.41, 5.74) is 4.99. The molecule has 0 bridgehead atoms. The molecule has 1 aliphatic rings. The van der Waals surface area contributed by atoms with Gasteiger partial charge in [0.25, 0.3) is 5.91 Å². The second-order valence-corrected chi connectivity index (χ2v) is 8.52. The maximum atomic E-state index is 13.5. The van der Waals surface area contributed by atoms with Crippen molar-refractivity contribution in [2.45, 2.75) is 58.3 Å². The maximum absolute atomic E-state index is 13.5. The fourth-order valence-corrected chi connectivity index (χ4v) is 4.30. The van der Waals surface area contributed by atoms with Crippen molar-refractivity contribution in [3.05, 3.63) is 76.4 Å². The number of fused-ring (bicyclic) bond motifs is 1. The van der Waals surface area contributed by atoms with Gasteiger partial charge in [0.05, 0.1) is 7.11 Å². The zero-order chi connectivity index (χ0) is 25.4. The number of amides is 1. The molecule has 184 valence electrons. The molecule has 0 radical (unpaired) electrons. The van der Waals surface area contributed by atoms with Gasteiger partial charge in [0.1, 0.15) is 5.75 Å².